The van der Waals surface area contributed by atoms with Crippen LogP contribution in [0.25, 0.3) is 11.0 Å². The van der Waals surface area contributed by atoms with Gasteiger partial charge in [-0.1, -0.05) is 30.8 Å². The van der Waals surface area contributed by atoms with Crippen LogP contribution in [0.3, 0.4) is 0 Å². The smallest absolute Gasteiger partial charge is 0.117 e. The maximum atomic E-state index is 9.29. The van der Waals surface area contributed by atoms with E-state index >= 15 is 0 Å². The van der Waals surface area contributed by atoms with Gasteiger partial charge in [-0.15, -0.1) is 0 Å². The van der Waals surface area contributed by atoms with Crippen LogP contribution in [-0.2, 0) is 12.2 Å². The van der Waals surface area contributed by atoms with Crippen molar-refractivity contribution >= 4 is 22.8 Å². The van der Waals surface area contributed by atoms with Crippen LogP contribution >= 0.6 is 11.8 Å². The maximum absolute atomic E-state index is 9.29. The van der Waals surface area contributed by atoms with Gasteiger partial charge in [0.15, 0.2) is 0 Å². The normalized spacial score (nSPS) is 10.8. The Hall–Kier alpha value is -2.32. The van der Waals surface area contributed by atoms with Gasteiger partial charge >= 0.3 is 0 Å². The maximum Gasteiger partial charge on any atom is 0.117 e. The number of H-pyrrole nitrogens is 1. The molecule has 0 fully saturated rings. The highest BCUT2D eigenvalue weighted by molar-refractivity contribution is 7.98. The van der Waals surface area contributed by atoms with Crippen molar-refractivity contribution in [1.29, 1.82) is 5.26 Å². The van der Waals surface area contributed by atoms with Gasteiger partial charge in [-0.05, 0) is 37.1 Å². The van der Waals surface area contributed by atoms with Crippen LogP contribution in [0, 0.1) is 18.3 Å². The first-order valence-corrected chi connectivity index (χ1v) is 8.17. The highest BCUT2D eigenvalue weighted by atomic mass is 32.2. The number of fused-ring (bicyclic) bond motifs is 1. The molecule has 1 aromatic carbocycles. The molecule has 0 radical (unpaired) electrons. The second-order valence-electron chi connectivity index (χ2n) is 5.06. The summed E-state index contributed by atoms with van der Waals surface area (Å²) in [5.74, 6) is 1.57. The lowest BCUT2D eigenvalue weighted by atomic mass is 10.1. The Bertz CT molecular complexity index is 828. The third kappa shape index (κ3) is 2.83. The molecule has 0 spiro atoms. The lowest BCUT2D eigenvalue weighted by molar-refractivity contribution is 0.940. The van der Waals surface area contributed by atoms with Crippen molar-refractivity contribution in [2.45, 2.75) is 31.0 Å². The predicted octanol–water partition coefficient (Wildman–Crippen LogP) is 3.99. The summed E-state index contributed by atoms with van der Waals surface area (Å²) in [6.45, 7) is 4.08. The number of aromatic amines is 1. The number of hydrogen-bond acceptors (Lipinski definition) is 4. The Morgan fingerprint density at radius 1 is 1.27 bits per heavy atom. The minimum atomic E-state index is 0.635. The Morgan fingerprint density at radius 3 is 2.82 bits per heavy atom. The first-order chi connectivity index (χ1) is 10.7. The number of pyridine rings is 1. The lowest BCUT2D eigenvalue weighted by Crippen LogP contribution is -1.98. The molecule has 4 nitrogen and oxygen atoms in total. The minimum absolute atomic E-state index is 0.635. The van der Waals surface area contributed by atoms with Crippen LogP contribution in [-0.4, -0.2) is 15.0 Å². The van der Waals surface area contributed by atoms with E-state index < -0.39 is 0 Å². The third-order valence-electron chi connectivity index (χ3n) is 3.52. The summed E-state index contributed by atoms with van der Waals surface area (Å²) in [5, 5.41) is 10.1. The van der Waals surface area contributed by atoms with Crippen LogP contribution in [0.15, 0.2) is 35.4 Å². The SMILES string of the molecule is CCc1nc(SCc2nc3ccccc3[nH]2)c(C#N)cc1C. The fourth-order valence-corrected chi connectivity index (χ4v) is 3.24. The number of benzene rings is 1. The zero-order valence-corrected chi connectivity index (χ0v) is 13.4. The molecule has 0 atom stereocenters. The molecule has 22 heavy (non-hydrogen) atoms. The van der Waals surface area contributed by atoms with E-state index in [2.05, 4.69) is 27.9 Å². The summed E-state index contributed by atoms with van der Waals surface area (Å²) in [6, 6.07) is 12.1. The molecular formula is C17H16N4S. The predicted molar refractivity (Wildman–Crippen MR) is 88.7 cm³/mol. The third-order valence-corrected chi connectivity index (χ3v) is 4.52. The first kappa shape index (κ1) is 14.6. The summed E-state index contributed by atoms with van der Waals surface area (Å²) in [4.78, 5) is 12.5. The molecular weight excluding hydrogens is 292 g/mol. The number of nitrogens with one attached hydrogen (secondary N) is 1. The molecule has 0 saturated heterocycles. The number of thioether (sulfide) groups is 1. The summed E-state index contributed by atoms with van der Waals surface area (Å²) in [6.07, 6.45) is 0.871. The van der Waals surface area contributed by atoms with Crippen LogP contribution in [0.1, 0.15) is 29.6 Å². The molecule has 0 aliphatic carbocycles. The molecule has 2 heterocycles. The first-order valence-electron chi connectivity index (χ1n) is 7.18. The van der Waals surface area contributed by atoms with Gasteiger partial charge in [0.25, 0.3) is 0 Å². The topological polar surface area (TPSA) is 65.4 Å². The average molecular weight is 308 g/mol. The van der Waals surface area contributed by atoms with Crippen LogP contribution < -0.4 is 0 Å². The van der Waals surface area contributed by atoms with Crippen LogP contribution in [0.5, 0.6) is 0 Å². The van der Waals surface area contributed by atoms with Crippen molar-refractivity contribution in [3.8, 4) is 6.07 Å². The van der Waals surface area contributed by atoms with E-state index in [-0.39, 0.29) is 0 Å². The van der Waals surface area contributed by atoms with Gasteiger partial charge in [0.05, 0.1) is 22.3 Å². The number of rotatable bonds is 4. The van der Waals surface area contributed by atoms with E-state index in [0.717, 1.165) is 39.6 Å². The standard InChI is InChI=1S/C17H16N4S/c1-3-13-11(2)8-12(9-18)17(21-13)22-10-16-19-14-6-4-5-7-15(14)20-16/h4-8H,3,10H2,1-2H3,(H,19,20). The molecule has 3 aromatic rings. The molecule has 5 heteroatoms. The molecule has 0 unspecified atom stereocenters. The zero-order chi connectivity index (χ0) is 15.5. The van der Waals surface area contributed by atoms with Gasteiger partial charge in [-0.25, -0.2) is 9.97 Å². The minimum Gasteiger partial charge on any atom is -0.341 e. The van der Waals surface area contributed by atoms with Crippen molar-refractivity contribution in [3.05, 3.63) is 53.0 Å². The highest BCUT2D eigenvalue weighted by Gasteiger charge is 2.10. The summed E-state index contributed by atoms with van der Waals surface area (Å²) in [5.41, 5.74) is 4.75. The van der Waals surface area contributed by atoms with Crippen LogP contribution in [0.2, 0.25) is 0 Å². The van der Waals surface area contributed by atoms with Crippen molar-refractivity contribution in [3.63, 3.8) is 0 Å². The van der Waals surface area contributed by atoms with E-state index in [0.29, 0.717) is 11.3 Å². The average Bonchev–Trinajstić information content (AvgIpc) is 2.96. The molecule has 110 valence electrons. The molecule has 0 aliphatic rings. The molecule has 2 aromatic heterocycles. The van der Waals surface area contributed by atoms with E-state index in [4.69, 9.17) is 0 Å². The Morgan fingerprint density at radius 2 is 2.09 bits per heavy atom. The number of hydrogen-bond donors (Lipinski definition) is 1. The van der Waals surface area contributed by atoms with Gasteiger partial charge in [-0.3, -0.25) is 0 Å². The van der Waals surface area contributed by atoms with Crippen molar-refractivity contribution in [1.82, 2.24) is 15.0 Å². The van der Waals surface area contributed by atoms with Crippen LogP contribution in [0.4, 0.5) is 0 Å². The summed E-state index contributed by atoms with van der Waals surface area (Å²) in [7, 11) is 0. The lowest BCUT2D eigenvalue weighted by Gasteiger charge is -2.07. The van der Waals surface area contributed by atoms with Crippen molar-refractivity contribution in [2.24, 2.45) is 0 Å². The number of aromatic nitrogens is 3. The number of nitrogens with zero attached hydrogens (tertiary/aromatic N) is 3. The molecule has 0 amide bonds. The Balaban J connectivity index is 1.85. The van der Waals surface area contributed by atoms with Crippen molar-refractivity contribution in [2.75, 3.05) is 0 Å². The Kier molecular flexibility index (Phi) is 4.12. The van der Waals surface area contributed by atoms with Gasteiger partial charge in [-0.2, -0.15) is 5.26 Å². The molecule has 0 aliphatic heterocycles. The summed E-state index contributed by atoms with van der Waals surface area (Å²) < 4.78 is 0. The second kappa shape index (κ2) is 6.20. The molecule has 0 saturated carbocycles. The molecule has 1 N–H and O–H groups in total. The van der Waals surface area contributed by atoms with E-state index in [1.54, 1.807) is 11.8 Å². The fraction of sp³-hybridized carbons (Fsp3) is 0.235. The fourth-order valence-electron chi connectivity index (χ4n) is 2.39. The zero-order valence-electron chi connectivity index (χ0n) is 12.6. The van der Waals surface area contributed by atoms with E-state index in [1.165, 1.54) is 0 Å². The number of nitriles is 1. The van der Waals surface area contributed by atoms with E-state index in [1.807, 2.05) is 37.3 Å². The molecule has 3 rings (SSSR count). The quantitative estimate of drug-likeness (QED) is 0.740. The van der Waals surface area contributed by atoms with Gasteiger partial charge in [0, 0.05) is 5.69 Å². The highest BCUT2D eigenvalue weighted by Crippen LogP contribution is 2.26. The van der Waals surface area contributed by atoms with Gasteiger partial charge in [0.1, 0.15) is 16.9 Å². The van der Waals surface area contributed by atoms with Gasteiger partial charge < -0.3 is 4.98 Å². The van der Waals surface area contributed by atoms with Crippen molar-refractivity contribution < 1.29 is 0 Å². The number of imidazole rings is 1. The second-order valence-corrected chi connectivity index (χ2v) is 6.02. The van der Waals surface area contributed by atoms with E-state index in [9.17, 15) is 5.26 Å². The number of para-hydroxylation sites is 2. The van der Waals surface area contributed by atoms with Gasteiger partial charge in [0.2, 0.25) is 0 Å². The molecule has 0 bridgehead atoms. The summed E-state index contributed by atoms with van der Waals surface area (Å²) >= 11 is 1.55. The Labute approximate surface area is 133 Å². The largest absolute Gasteiger partial charge is 0.341 e. The number of aryl methyl sites for hydroxylation is 2. The monoisotopic (exact) mass is 308 g/mol.